The predicted molar refractivity (Wildman–Crippen MR) is 102 cm³/mol. The number of carbonyl (C=O) groups excluding carboxylic acids is 2. The van der Waals surface area contributed by atoms with Crippen molar-refractivity contribution < 1.29 is 14.0 Å². The number of amides is 2. The molecule has 1 aromatic rings. The molecule has 26 heavy (non-hydrogen) atoms. The van der Waals surface area contributed by atoms with Crippen LogP contribution in [0.2, 0.25) is 5.02 Å². The summed E-state index contributed by atoms with van der Waals surface area (Å²) in [7, 11) is 0. The molecule has 1 unspecified atom stereocenters. The predicted octanol–water partition coefficient (Wildman–Crippen LogP) is 4.27. The lowest BCUT2D eigenvalue weighted by Gasteiger charge is -2.25. The van der Waals surface area contributed by atoms with E-state index < -0.39 is 5.54 Å². The Kier molecular flexibility index (Phi) is 6.59. The largest absolute Gasteiger partial charge is 0.340 e. The van der Waals surface area contributed by atoms with Crippen LogP contribution in [-0.4, -0.2) is 35.3 Å². The summed E-state index contributed by atoms with van der Waals surface area (Å²) in [6, 6.07) is 6.63. The van der Waals surface area contributed by atoms with Gasteiger partial charge in [-0.15, -0.1) is 0 Å². The van der Waals surface area contributed by atoms with Gasteiger partial charge in [0, 0.05) is 23.7 Å². The molecule has 140 valence electrons. The quantitative estimate of drug-likeness (QED) is 0.751. The van der Waals surface area contributed by atoms with E-state index in [-0.39, 0.29) is 17.6 Å². The lowest BCUT2D eigenvalue weighted by atomic mass is 10.00. The molecule has 1 aliphatic rings. The summed E-state index contributed by atoms with van der Waals surface area (Å²) >= 11 is 5.92. The summed E-state index contributed by atoms with van der Waals surface area (Å²) in [5, 5.41) is 3.32. The third-order valence-corrected chi connectivity index (χ3v) is 4.73. The number of carbonyl (C=O) groups is 2. The van der Waals surface area contributed by atoms with Crippen LogP contribution in [0.1, 0.15) is 44.0 Å². The number of allylic oxidation sites excluding steroid dienone is 3. The van der Waals surface area contributed by atoms with Crippen molar-refractivity contribution in [2.24, 2.45) is 0 Å². The van der Waals surface area contributed by atoms with Gasteiger partial charge >= 0.3 is 0 Å². The summed E-state index contributed by atoms with van der Waals surface area (Å²) in [5.41, 5.74) is 0.496. The van der Waals surface area contributed by atoms with Gasteiger partial charge in [0.05, 0.1) is 5.83 Å². The highest BCUT2D eigenvalue weighted by Gasteiger charge is 2.43. The summed E-state index contributed by atoms with van der Waals surface area (Å²) in [4.78, 5) is 26.9. The molecule has 1 heterocycles. The summed E-state index contributed by atoms with van der Waals surface area (Å²) in [6.45, 7) is 6.16. The number of hydrogen-bond donors (Lipinski definition) is 1. The number of benzene rings is 1. The van der Waals surface area contributed by atoms with E-state index in [1.165, 1.54) is 13.0 Å². The van der Waals surface area contributed by atoms with E-state index in [9.17, 15) is 14.0 Å². The summed E-state index contributed by atoms with van der Waals surface area (Å²) in [5.74, 6) is -0.666. The molecule has 1 atom stereocenters. The Hall–Kier alpha value is -2.14. The maximum absolute atomic E-state index is 12.8. The number of likely N-dealkylation sites (tertiary alicyclic amines) is 1. The smallest absolute Gasteiger partial charge is 0.252 e. The minimum absolute atomic E-state index is 0.0992. The van der Waals surface area contributed by atoms with Crippen LogP contribution in [-0.2, 0) is 4.79 Å². The zero-order chi connectivity index (χ0) is 19.3. The first-order valence-corrected chi connectivity index (χ1v) is 8.96. The first-order chi connectivity index (χ1) is 12.2. The normalized spacial score (nSPS) is 21.3. The van der Waals surface area contributed by atoms with Crippen molar-refractivity contribution in [3.63, 3.8) is 0 Å². The highest BCUT2D eigenvalue weighted by atomic mass is 35.5. The monoisotopic (exact) mass is 378 g/mol. The Labute approximate surface area is 158 Å². The maximum Gasteiger partial charge on any atom is 0.252 e. The highest BCUT2D eigenvalue weighted by molar-refractivity contribution is 6.31. The Balaban J connectivity index is 1.97. The second-order valence-electron chi connectivity index (χ2n) is 6.86. The van der Waals surface area contributed by atoms with Gasteiger partial charge in [0.15, 0.2) is 0 Å². The maximum atomic E-state index is 12.8. The van der Waals surface area contributed by atoms with Crippen molar-refractivity contribution in [1.82, 2.24) is 10.2 Å². The molecule has 2 amide bonds. The van der Waals surface area contributed by atoms with E-state index >= 15 is 0 Å². The van der Waals surface area contributed by atoms with Crippen molar-refractivity contribution >= 4 is 23.4 Å². The Morgan fingerprint density at radius 3 is 2.77 bits per heavy atom. The molecule has 0 bridgehead atoms. The fraction of sp³-hybridized carbons (Fsp3) is 0.400. The highest BCUT2D eigenvalue weighted by Crippen LogP contribution is 2.24. The van der Waals surface area contributed by atoms with Crippen LogP contribution < -0.4 is 5.32 Å². The molecular formula is C20H24ClFN2O2. The minimum atomic E-state index is -0.924. The van der Waals surface area contributed by atoms with Gasteiger partial charge in [-0.1, -0.05) is 29.3 Å². The zero-order valence-electron chi connectivity index (χ0n) is 15.3. The average Bonchev–Trinajstić information content (AvgIpc) is 2.86. The molecule has 1 N–H and O–H groups in total. The van der Waals surface area contributed by atoms with E-state index in [2.05, 4.69) is 5.32 Å². The van der Waals surface area contributed by atoms with Crippen molar-refractivity contribution in [3.05, 3.63) is 58.4 Å². The van der Waals surface area contributed by atoms with Crippen LogP contribution in [0.25, 0.3) is 0 Å². The van der Waals surface area contributed by atoms with E-state index in [1.807, 2.05) is 6.92 Å². The van der Waals surface area contributed by atoms with Crippen molar-refractivity contribution in [3.8, 4) is 0 Å². The molecule has 1 aliphatic heterocycles. The van der Waals surface area contributed by atoms with E-state index in [0.29, 0.717) is 36.5 Å². The van der Waals surface area contributed by atoms with Crippen molar-refractivity contribution in [2.75, 3.05) is 13.1 Å². The van der Waals surface area contributed by atoms with Crippen LogP contribution >= 0.6 is 11.6 Å². The van der Waals surface area contributed by atoms with E-state index in [1.54, 1.807) is 42.2 Å². The summed E-state index contributed by atoms with van der Waals surface area (Å²) in [6.07, 6.45) is 4.34. The van der Waals surface area contributed by atoms with Crippen molar-refractivity contribution in [1.29, 1.82) is 0 Å². The molecule has 0 saturated carbocycles. The van der Waals surface area contributed by atoms with Crippen LogP contribution in [0.5, 0.6) is 0 Å². The number of halogens is 2. The number of nitrogens with one attached hydrogen (secondary N) is 1. The van der Waals surface area contributed by atoms with Gasteiger partial charge < -0.3 is 10.2 Å². The molecule has 1 saturated heterocycles. The Bertz CT molecular complexity index is 756. The lowest BCUT2D eigenvalue weighted by Crippen LogP contribution is -2.52. The Morgan fingerprint density at radius 2 is 2.12 bits per heavy atom. The van der Waals surface area contributed by atoms with Crippen LogP contribution in [0.15, 0.2) is 47.8 Å². The molecule has 6 heteroatoms. The van der Waals surface area contributed by atoms with E-state index in [4.69, 9.17) is 11.6 Å². The molecule has 4 nitrogen and oxygen atoms in total. The zero-order valence-corrected chi connectivity index (χ0v) is 16.1. The SMILES string of the molecule is C/C(F)=C\C=C(/C)CCN1CCC(C)(NC(=O)c2cccc(Cl)c2)C1=O. The van der Waals surface area contributed by atoms with Gasteiger partial charge in [0.2, 0.25) is 5.91 Å². The number of hydrogen-bond acceptors (Lipinski definition) is 2. The second-order valence-corrected chi connectivity index (χ2v) is 7.29. The summed E-state index contributed by atoms with van der Waals surface area (Å²) < 4.78 is 12.8. The third-order valence-electron chi connectivity index (χ3n) is 4.49. The third kappa shape index (κ3) is 5.18. The van der Waals surface area contributed by atoms with Gasteiger partial charge in [-0.3, -0.25) is 9.59 Å². The molecule has 0 aliphatic carbocycles. The molecule has 0 radical (unpaired) electrons. The minimum Gasteiger partial charge on any atom is -0.340 e. The topological polar surface area (TPSA) is 49.4 Å². The van der Waals surface area contributed by atoms with Gasteiger partial charge in [0.1, 0.15) is 5.54 Å². The van der Waals surface area contributed by atoms with Gasteiger partial charge in [0.25, 0.3) is 5.91 Å². The number of nitrogens with zero attached hydrogens (tertiary/aromatic N) is 1. The fourth-order valence-corrected chi connectivity index (χ4v) is 3.04. The molecule has 1 aromatic carbocycles. The average molecular weight is 379 g/mol. The van der Waals surface area contributed by atoms with Gasteiger partial charge in [-0.25, -0.2) is 4.39 Å². The second kappa shape index (κ2) is 8.49. The number of rotatable bonds is 6. The molecule has 2 rings (SSSR count). The van der Waals surface area contributed by atoms with Crippen LogP contribution in [0, 0.1) is 0 Å². The fourth-order valence-electron chi connectivity index (χ4n) is 2.85. The van der Waals surface area contributed by atoms with Crippen LogP contribution in [0.3, 0.4) is 0 Å². The first kappa shape index (κ1) is 20.2. The van der Waals surface area contributed by atoms with Crippen LogP contribution in [0.4, 0.5) is 4.39 Å². The van der Waals surface area contributed by atoms with Crippen molar-refractivity contribution in [2.45, 2.75) is 39.2 Å². The van der Waals surface area contributed by atoms with Gasteiger partial charge in [-0.05, 0) is 57.9 Å². The lowest BCUT2D eigenvalue weighted by molar-refractivity contribution is -0.132. The van der Waals surface area contributed by atoms with Gasteiger partial charge in [-0.2, -0.15) is 0 Å². The molecular weight excluding hydrogens is 355 g/mol. The first-order valence-electron chi connectivity index (χ1n) is 8.58. The molecule has 1 fully saturated rings. The molecule has 0 aromatic heterocycles. The standard InChI is InChI=1S/C20H24ClFN2O2/c1-14(7-8-15(2)22)9-11-24-12-10-20(3,19(24)26)23-18(25)16-5-4-6-17(21)13-16/h4-8,13H,9-12H2,1-3H3,(H,23,25)/b14-7+,15-8+. The van der Waals surface area contributed by atoms with E-state index in [0.717, 1.165) is 5.57 Å². The Morgan fingerprint density at radius 1 is 1.38 bits per heavy atom. The molecule has 0 spiro atoms.